The van der Waals surface area contributed by atoms with E-state index in [0.29, 0.717) is 17.2 Å². The first-order valence-corrected chi connectivity index (χ1v) is 8.76. The minimum absolute atomic E-state index is 0.121. The highest BCUT2D eigenvalue weighted by Gasteiger charge is 2.20. The molecule has 0 saturated carbocycles. The third-order valence-electron chi connectivity index (χ3n) is 4.22. The summed E-state index contributed by atoms with van der Waals surface area (Å²) in [4.78, 5) is 26.2. The highest BCUT2D eigenvalue weighted by Crippen LogP contribution is 2.32. The molecule has 0 bridgehead atoms. The molecular weight excluding hydrogens is 344 g/mol. The summed E-state index contributed by atoms with van der Waals surface area (Å²) in [7, 11) is 3.06. The second kappa shape index (κ2) is 9.07. The highest BCUT2D eigenvalue weighted by molar-refractivity contribution is 6.02. The van der Waals surface area contributed by atoms with Gasteiger partial charge in [-0.25, -0.2) is 0 Å². The van der Waals surface area contributed by atoms with Gasteiger partial charge in [-0.2, -0.15) is 0 Å². The Labute approximate surface area is 160 Å². The van der Waals surface area contributed by atoms with Crippen LogP contribution in [0.1, 0.15) is 32.3 Å². The number of carbonyl (C=O) groups is 2. The Morgan fingerprint density at radius 1 is 1.07 bits per heavy atom. The number of anilines is 2. The molecule has 144 valence electrons. The van der Waals surface area contributed by atoms with Gasteiger partial charge in [-0.15, -0.1) is 0 Å². The summed E-state index contributed by atoms with van der Waals surface area (Å²) in [5.41, 5.74) is 2.31. The molecule has 0 aliphatic rings. The molecule has 0 aliphatic heterocycles. The van der Waals surface area contributed by atoms with Crippen LogP contribution < -0.4 is 19.7 Å². The number of carbonyl (C=O) groups excluding carboxylic acids is 2. The van der Waals surface area contributed by atoms with Gasteiger partial charge in [0.1, 0.15) is 18.0 Å². The normalized spacial score (nSPS) is 10.4. The topological polar surface area (TPSA) is 67.9 Å². The maximum atomic E-state index is 12.6. The Balaban J connectivity index is 2.25. The van der Waals surface area contributed by atoms with E-state index < -0.39 is 0 Å². The molecule has 2 amide bonds. The zero-order valence-electron chi connectivity index (χ0n) is 16.4. The fourth-order valence-corrected chi connectivity index (χ4v) is 2.82. The Bertz CT molecular complexity index is 818. The van der Waals surface area contributed by atoms with Crippen molar-refractivity contribution in [2.24, 2.45) is 0 Å². The molecule has 0 saturated heterocycles. The lowest BCUT2D eigenvalue weighted by atomic mass is 10.0. The van der Waals surface area contributed by atoms with Crippen molar-refractivity contribution in [1.29, 1.82) is 0 Å². The van der Waals surface area contributed by atoms with E-state index in [2.05, 4.69) is 19.2 Å². The van der Waals surface area contributed by atoms with Gasteiger partial charge in [-0.05, 0) is 29.7 Å². The Hall–Kier alpha value is -3.02. The second-order valence-electron chi connectivity index (χ2n) is 6.43. The van der Waals surface area contributed by atoms with E-state index >= 15 is 0 Å². The molecule has 0 radical (unpaired) electrons. The molecule has 6 heteroatoms. The van der Waals surface area contributed by atoms with Gasteiger partial charge in [-0.1, -0.05) is 32.0 Å². The minimum Gasteiger partial charge on any atom is -0.497 e. The van der Waals surface area contributed by atoms with Crippen molar-refractivity contribution in [2.75, 3.05) is 31.0 Å². The number of methoxy groups -OCH3 is 2. The first-order chi connectivity index (χ1) is 12.9. The quantitative estimate of drug-likeness (QED) is 0.804. The Morgan fingerprint density at radius 3 is 2.37 bits per heavy atom. The number of benzene rings is 2. The van der Waals surface area contributed by atoms with Gasteiger partial charge in [0.25, 0.3) is 0 Å². The maximum absolute atomic E-state index is 12.6. The van der Waals surface area contributed by atoms with E-state index in [-0.39, 0.29) is 24.3 Å². The van der Waals surface area contributed by atoms with Crippen molar-refractivity contribution in [3.05, 3.63) is 48.0 Å². The third kappa shape index (κ3) is 5.00. The second-order valence-corrected chi connectivity index (χ2v) is 6.43. The lowest BCUT2D eigenvalue weighted by molar-refractivity contribution is -0.120. The van der Waals surface area contributed by atoms with Gasteiger partial charge in [-0.3, -0.25) is 14.5 Å². The zero-order chi connectivity index (χ0) is 20.0. The molecule has 2 aromatic rings. The predicted octanol–water partition coefficient (Wildman–Crippen LogP) is 3.82. The highest BCUT2D eigenvalue weighted by atomic mass is 16.5. The molecule has 0 atom stereocenters. The number of nitrogens with zero attached hydrogens (tertiary/aromatic N) is 1. The fourth-order valence-electron chi connectivity index (χ4n) is 2.82. The van der Waals surface area contributed by atoms with Crippen molar-refractivity contribution in [3.63, 3.8) is 0 Å². The molecule has 0 aliphatic carbocycles. The molecule has 0 heterocycles. The van der Waals surface area contributed by atoms with Gasteiger partial charge in [0.2, 0.25) is 11.8 Å². The summed E-state index contributed by atoms with van der Waals surface area (Å²) in [5, 5.41) is 2.91. The standard InChI is InChI=1S/C21H26N2O4/c1-14(2)17-8-6-7-9-18(17)22-21(25)13-23(15(3)24)19-11-10-16(26-4)12-20(19)27-5/h6-12,14H,13H2,1-5H3,(H,22,25). The zero-order valence-corrected chi connectivity index (χ0v) is 16.4. The third-order valence-corrected chi connectivity index (χ3v) is 4.22. The lowest BCUT2D eigenvalue weighted by Gasteiger charge is -2.23. The molecule has 0 spiro atoms. The number of amides is 2. The molecule has 2 rings (SSSR count). The summed E-state index contributed by atoms with van der Waals surface area (Å²) in [6, 6.07) is 12.8. The summed E-state index contributed by atoms with van der Waals surface area (Å²) < 4.78 is 10.5. The average molecular weight is 370 g/mol. The van der Waals surface area contributed by atoms with Gasteiger partial charge in [0.05, 0.1) is 19.9 Å². The van der Waals surface area contributed by atoms with Crippen LogP contribution in [0.25, 0.3) is 0 Å². The van der Waals surface area contributed by atoms with Gasteiger partial charge in [0.15, 0.2) is 0 Å². The molecular formula is C21H26N2O4. The van der Waals surface area contributed by atoms with Crippen molar-refractivity contribution in [2.45, 2.75) is 26.7 Å². The lowest BCUT2D eigenvalue weighted by Crippen LogP contribution is -2.37. The van der Waals surface area contributed by atoms with Gasteiger partial charge >= 0.3 is 0 Å². The van der Waals surface area contributed by atoms with Gasteiger partial charge < -0.3 is 14.8 Å². The molecule has 6 nitrogen and oxygen atoms in total. The number of rotatable bonds is 7. The monoisotopic (exact) mass is 370 g/mol. The molecule has 1 N–H and O–H groups in total. The molecule has 0 unspecified atom stereocenters. The first kappa shape index (κ1) is 20.3. The molecule has 27 heavy (non-hydrogen) atoms. The summed E-state index contributed by atoms with van der Waals surface area (Å²) in [6.45, 7) is 5.42. The minimum atomic E-state index is -0.281. The molecule has 2 aromatic carbocycles. The predicted molar refractivity (Wildman–Crippen MR) is 107 cm³/mol. The summed E-state index contributed by atoms with van der Waals surface area (Å²) >= 11 is 0. The van der Waals surface area contributed by atoms with E-state index in [4.69, 9.17) is 9.47 Å². The summed E-state index contributed by atoms with van der Waals surface area (Å²) in [6.07, 6.45) is 0. The van der Waals surface area contributed by atoms with Crippen molar-refractivity contribution in [3.8, 4) is 11.5 Å². The van der Waals surface area contributed by atoms with Gasteiger partial charge in [0, 0.05) is 18.7 Å². The van der Waals surface area contributed by atoms with Crippen molar-refractivity contribution in [1.82, 2.24) is 0 Å². The van der Waals surface area contributed by atoms with Crippen LogP contribution >= 0.6 is 0 Å². The van der Waals surface area contributed by atoms with Crippen LogP contribution in [0, 0.1) is 0 Å². The average Bonchev–Trinajstić information content (AvgIpc) is 2.65. The van der Waals surface area contributed by atoms with E-state index in [0.717, 1.165) is 11.3 Å². The fraction of sp³-hybridized carbons (Fsp3) is 0.333. The number of hydrogen-bond donors (Lipinski definition) is 1. The molecule has 0 fully saturated rings. The number of hydrogen-bond acceptors (Lipinski definition) is 4. The van der Waals surface area contributed by atoms with Crippen molar-refractivity contribution < 1.29 is 19.1 Å². The Morgan fingerprint density at radius 2 is 1.78 bits per heavy atom. The Kier molecular flexibility index (Phi) is 6.82. The summed E-state index contributed by atoms with van der Waals surface area (Å²) in [5.74, 6) is 0.795. The van der Waals surface area contributed by atoms with E-state index in [1.807, 2.05) is 24.3 Å². The number of para-hydroxylation sites is 1. The largest absolute Gasteiger partial charge is 0.497 e. The number of ether oxygens (including phenoxy) is 2. The van der Waals surface area contributed by atoms with Crippen LogP contribution in [0.3, 0.4) is 0 Å². The van der Waals surface area contributed by atoms with Crippen LogP contribution in [0.15, 0.2) is 42.5 Å². The van der Waals surface area contributed by atoms with Crippen molar-refractivity contribution >= 4 is 23.2 Å². The van der Waals surface area contributed by atoms with E-state index in [1.165, 1.54) is 18.9 Å². The van der Waals surface area contributed by atoms with Crippen LogP contribution in [-0.4, -0.2) is 32.6 Å². The smallest absolute Gasteiger partial charge is 0.244 e. The van der Waals surface area contributed by atoms with Crippen LogP contribution in [0.2, 0.25) is 0 Å². The van der Waals surface area contributed by atoms with Crippen LogP contribution in [-0.2, 0) is 9.59 Å². The van der Waals surface area contributed by atoms with Crippen LogP contribution in [0.4, 0.5) is 11.4 Å². The van der Waals surface area contributed by atoms with E-state index in [1.54, 1.807) is 25.3 Å². The number of nitrogens with one attached hydrogen (secondary N) is 1. The SMILES string of the molecule is COc1ccc(N(CC(=O)Nc2ccccc2C(C)C)C(C)=O)c(OC)c1. The molecule has 0 aromatic heterocycles. The maximum Gasteiger partial charge on any atom is 0.244 e. The van der Waals surface area contributed by atoms with E-state index in [9.17, 15) is 9.59 Å². The van der Waals surface area contributed by atoms with Crippen LogP contribution in [0.5, 0.6) is 11.5 Å². The first-order valence-electron chi connectivity index (χ1n) is 8.76.